The molecule has 0 saturated heterocycles. The van der Waals surface area contributed by atoms with Crippen molar-refractivity contribution in [2.75, 3.05) is 6.54 Å². The van der Waals surface area contributed by atoms with Gasteiger partial charge in [-0.1, -0.05) is 88.6 Å². The monoisotopic (exact) mass is 551 g/mol. The minimum absolute atomic E-state index is 0.167. The van der Waals surface area contributed by atoms with Crippen LogP contribution in [0.25, 0.3) is 0 Å². The smallest absolute Gasteiger partial charge is 0.408 e. The Balaban J connectivity index is 2.56. The van der Waals surface area contributed by atoms with Gasteiger partial charge in [-0.15, -0.1) is 0 Å². The fraction of sp³-hybridized carbons (Fsp3) is 0.545. The summed E-state index contributed by atoms with van der Waals surface area (Å²) in [7, 11) is 0. The molecule has 3 atom stereocenters. The lowest BCUT2D eigenvalue weighted by Crippen LogP contribution is -2.55. The zero-order chi connectivity index (χ0) is 29.9. The number of ether oxygens (including phenoxy) is 1. The molecule has 2 aromatic carbocycles. The number of nitrogens with zero attached hydrogens (tertiary/aromatic N) is 1. The minimum atomic E-state index is -0.846. The first-order chi connectivity index (χ1) is 18.9. The maximum Gasteiger partial charge on any atom is 0.408 e. The Kier molecular flexibility index (Phi) is 12.7. The van der Waals surface area contributed by atoms with Crippen LogP contribution in [0.5, 0.6) is 0 Å². The lowest BCUT2D eigenvalue weighted by molar-refractivity contribution is -0.143. The van der Waals surface area contributed by atoms with E-state index in [0.29, 0.717) is 19.5 Å². The molecule has 2 rings (SSSR count). The SMILES string of the molecule is CCCCCN(C(=O)C(NC(=O)OC(C)(C)C)C(C)CC)C(C(=O)NCc1ccccc1)c1c(C)cccc1C. The molecule has 0 spiro atoms. The summed E-state index contributed by atoms with van der Waals surface area (Å²) in [4.78, 5) is 43.0. The van der Waals surface area contributed by atoms with Gasteiger partial charge in [0.05, 0.1) is 0 Å². The molecule has 0 aromatic heterocycles. The molecular formula is C33H49N3O4. The molecule has 7 heteroatoms. The number of carbonyl (C=O) groups excluding carboxylic acids is 3. The summed E-state index contributed by atoms with van der Waals surface area (Å²) in [6.45, 7) is 16.1. The van der Waals surface area contributed by atoms with E-state index in [9.17, 15) is 14.4 Å². The van der Waals surface area contributed by atoms with Crippen LogP contribution in [0.15, 0.2) is 48.5 Å². The molecule has 220 valence electrons. The topological polar surface area (TPSA) is 87.7 Å². The van der Waals surface area contributed by atoms with Crippen LogP contribution in [0, 0.1) is 19.8 Å². The number of aryl methyl sites for hydroxylation is 2. The maximum absolute atomic E-state index is 14.4. The van der Waals surface area contributed by atoms with Gasteiger partial charge in [0.25, 0.3) is 0 Å². The quantitative estimate of drug-likeness (QED) is 0.274. The second-order valence-electron chi connectivity index (χ2n) is 11.7. The lowest BCUT2D eigenvalue weighted by Gasteiger charge is -2.37. The second kappa shape index (κ2) is 15.4. The molecule has 3 amide bonds. The van der Waals surface area contributed by atoms with E-state index in [2.05, 4.69) is 17.6 Å². The molecule has 0 aliphatic heterocycles. The fourth-order valence-electron chi connectivity index (χ4n) is 4.76. The van der Waals surface area contributed by atoms with Crippen molar-refractivity contribution >= 4 is 17.9 Å². The summed E-state index contributed by atoms with van der Waals surface area (Å²) in [6.07, 6.45) is 2.67. The van der Waals surface area contributed by atoms with Gasteiger partial charge in [-0.25, -0.2) is 4.79 Å². The zero-order valence-corrected chi connectivity index (χ0v) is 25.7. The number of nitrogens with one attached hydrogen (secondary N) is 2. The maximum atomic E-state index is 14.4. The minimum Gasteiger partial charge on any atom is -0.444 e. The number of carbonyl (C=O) groups is 3. The van der Waals surface area contributed by atoms with Crippen molar-refractivity contribution in [2.45, 2.75) is 105 Å². The van der Waals surface area contributed by atoms with Crippen molar-refractivity contribution in [3.63, 3.8) is 0 Å². The Bertz CT molecular complexity index is 1090. The van der Waals surface area contributed by atoms with Crippen LogP contribution in [0.4, 0.5) is 4.79 Å². The zero-order valence-electron chi connectivity index (χ0n) is 25.7. The van der Waals surface area contributed by atoms with E-state index in [1.165, 1.54) is 0 Å². The first-order valence-corrected chi connectivity index (χ1v) is 14.6. The molecule has 2 N–H and O–H groups in total. The van der Waals surface area contributed by atoms with Crippen LogP contribution < -0.4 is 10.6 Å². The number of unbranched alkanes of at least 4 members (excludes halogenated alkanes) is 2. The Morgan fingerprint density at radius 1 is 0.925 bits per heavy atom. The lowest BCUT2D eigenvalue weighted by atomic mass is 9.91. The molecule has 0 radical (unpaired) electrons. The Morgan fingerprint density at radius 3 is 2.10 bits per heavy atom. The summed E-state index contributed by atoms with van der Waals surface area (Å²) in [6, 6.07) is 13.9. The third kappa shape index (κ3) is 9.68. The van der Waals surface area contributed by atoms with Crippen LogP contribution >= 0.6 is 0 Å². The molecule has 0 heterocycles. The normalized spacial score (nSPS) is 13.6. The number of benzene rings is 2. The molecule has 0 aliphatic rings. The molecule has 2 aromatic rings. The van der Waals surface area contributed by atoms with E-state index in [4.69, 9.17) is 4.74 Å². The molecule has 3 unspecified atom stereocenters. The van der Waals surface area contributed by atoms with Crippen LogP contribution in [-0.2, 0) is 20.9 Å². The average Bonchev–Trinajstić information content (AvgIpc) is 2.90. The molecule has 0 aliphatic carbocycles. The standard InChI is InChI=1S/C33H49N3O4/c1-9-11-15-21-36(31(38)28(23(3)10-2)35-32(39)40-33(6,7)8)29(27-24(4)17-16-18-25(27)5)30(37)34-22-26-19-13-12-14-20-26/h12-14,16-20,23,28-29H,9-11,15,21-22H2,1-8H3,(H,34,37)(H,35,39). The third-order valence-corrected chi connectivity index (χ3v) is 7.12. The Morgan fingerprint density at radius 2 is 1.55 bits per heavy atom. The van der Waals surface area contributed by atoms with Gasteiger partial charge in [-0.3, -0.25) is 9.59 Å². The average molecular weight is 552 g/mol. The molecule has 0 saturated carbocycles. The summed E-state index contributed by atoms with van der Waals surface area (Å²) < 4.78 is 5.51. The van der Waals surface area contributed by atoms with Crippen molar-refractivity contribution in [1.82, 2.24) is 15.5 Å². The second-order valence-corrected chi connectivity index (χ2v) is 11.7. The molecule has 0 fully saturated rings. The summed E-state index contributed by atoms with van der Waals surface area (Å²) in [5.74, 6) is -0.690. The fourth-order valence-corrected chi connectivity index (χ4v) is 4.76. The van der Waals surface area contributed by atoms with Crippen LogP contribution in [0.3, 0.4) is 0 Å². The van der Waals surface area contributed by atoms with E-state index in [-0.39, 0.29) is 17.7 Å². The highest BCUT2D eigenvalue weighted by atomic mass is 16.6. The summed E-state index contributed by atoms with van der Waals surface area (Å²) in [5.41, 5.74) is 2.97. The largest absolute Gasteiger partial charge is 0.444 e. The number of alkyl carbamates (subject to hydrolysis) is 1. The predicted octanol–water partition coefficient (Wildman–Crippen LogP) is 6.62. The molecule has 7 nitrogen and oxygen atoms in total. The first kappa shape index (κ1) is 32.9. The number of amides is 3. The van der Waals surface area contributed by atoms with E-state index < -0.39 is 23.8 Å². The van der Waals surface area contributed by atoms with Gasteiger partial charge in [0.2, 0.25) is 11.8 Å². The highest BCUT2D eigenvalue weighted by molar-refractivity contribution is 5.92. The molecule has 40 heavy (non-hydrogen) atoms. The van der Waals surface area contributed by atoms with Crippen molar-refractivity contribution in [2.24, 2.45) is 5.92 Å². The van der Waals surface area contributed by atoms with Crippen LogP contribution in [0.2, 0.25) is 0 Å². The Hall–Kier alpha value is -3.35. The number of hydrogen-bond donors (Lipinski definition) is 2. The van der Waals surface area contributed by atoms with E-state index in [1.54, 1.807) is 25.7 Å². The van der Waals surface area contributed by atoms with Gasteiger partial charge in [-0.05, 0) is 69.2 Å². The van der Waals surface area contributed by atoms with Crippen molar-refractivity contribution in [1.29, 1.82) is 0 Å². The van der Waals surface area contributed by atoms with E-state index in [1.807, 2.05) is 76.2 Å². The highest BCUT2D eigenvalue weighted by Gasteiger charge is 2.38. The predicted molar refractivity (Wildman–Crippen MR) is 161 cm³/mol. The van der Waals surface area contributed by atoms with Crippen LogP contribution in [-0.4, -0.2) is 41.0 Å². The van der Waals surface area contributed by atoms with E-state index >= 15 is 0 Å². The van der Waals surface area contributed by atoms with Gasteiger partial charge in [0.1, 0.15) is 17.7 Å². The summed E-state index contributed by atoms with van der Waals surface area (Å²) in [5, 5.41) is 5.93. The van der Waals surface area contributed by atoms with Gasteiger partial charge in [0, 0.05) is 13.1 Å². The van der Waals surface area contributed by atoms with Crippen molar-refractivity contribution < 1.29 is 19.1 Å². The van der Waals surface area contributed by atoms with Gasteiger partial charge in [-0.2, -0.15) is 0 Å². The van der Waals surface area contributed by atoms with Gasteiger partial charge in [0.15, 0.2) is 0 Å². The first-order valence-electron chi connectivity index (χ1n) is 14.6. The molecule has 0 bridgehead atoms. The van der Waals surface area contributed by atoms with E-state index in [0.717, 1.165) is 41.5 Å². The van der Waals surface area contributed by atoms with Crippen molar-refractivity contribution in [3.05, 3.63) is 70.8 Å². The van der Waals surface area contributed by atoms with Crippen molar-refractivity contribution in [3.8, 4) is 0 Å². The van der Waals surface area contributed by atoms with Gasteiger partial charge >= 0.3 is 6.09 Å². The number of hydrogen-bond acceptors (Lipinski definition) is 4. The molecular weight excluding hydrogens is 502 g/mol. The Labute approximate surface area is 241 Å². The van der Waals surface area contributed by atoms with Gasteiger partial charge < -0.3 is 20.3 Å². The highest BCUT2D eigenvalue weighted by Crippen LogP contribution is 2.30. The number of rotatable bonds is 13. The van der Waals surface area contributed by atoms with Crippen LogP contribution in [0.1, 0.15) is 95.5 Å². The summed E-state index contributed by atoms with van der Waals surface area (Å²) >= 11 is 0. The third-order valence-electron chi connectivity index (χ3n) is 7.12.